The number of nitrogens with one attached hydrogen (secondary N) is 1. The van der Waals surface area contributed by atoms with Crippen molar-refractivity contribution in [3.63, 3.8) is 0 Å². The average molecular weight is 274 g/mol. The van der Waals surface area contributed by atoms with E-state index in [2.05, 4.69) is 10.4 Å². The lowest BCUT2D eigenvalue weighted by molar-refractivity contribution is 0.367. The van der Waals surface area contributed by atoms with Gasteiger partial charge in [0.1, 0.15) is 5.02 Å². The van der Waals surface area contributed by atoms with Crippen molar-refractivity contribution in [2.75, 3.05) is 32.5 Å². The van der Waals surface area contributed by atoms with Crippen molar-refractivity contribution >= 4 is 17.3 Å². The van der Waals surface area contributed by atoms with Crippen LogP contribution in [0, 0.1) is 0 Å². The summed E-state index contributed by atoms with van der Waals surface area (Å²) in [6.07, 6.45) is 1.56. The van der Waals surface area contributed by atoms with Crippen molar-refractivity contribution in [1.29, 1.82) is 0 Å². The number of likely N-dealkylation sites (N-methyl/N-ethyl adjacent to an activating group) is 1. The first kappa shape index (κ1) is 14.9. The molecule has 0 saturated carbocycles. The van der Waals surface area contributed by atoms with Gasteiger partial charge < -0.3 is 16.0 Å². The number of aromatic nitrogens is 2. The molecule has 0 fully saturated rings. The van der Waals surface area contributed by atoms with Gasteiger partial charge in [0.15, 0.2) is 0 Å². The van der Waals surface area contributed by atoms with Gasteiger partial charge in [0, 0.05) is 19.1 Å². The van der Waals surface area contributed by atoms with Crippen LogP contribution in [0.15, 0.2) is 11.0 Å². The Kier molecular flexibility index (Phi) is 5.58. The molecule has 1 aromatic heterocycles. The third-order valence-corrected chi connectivity index (χ3v) is 2.72. The number of nitrogens with zero attached hydrogens (tertiary/aromatic N) is 3. The van der Waals surface area contributed by atoms with E-state index in [-0.39, 0.29) is 16.6 Å². The Hall–Kier alpha value is -1.11. The third kappa shape index (κ3) is 4.29. The molecule has 0 aliphatic heterocycles. The summed E-state index contributed by atoms with van der Waals surface area (Å²) in [5, 5.41) is 7.24. The van der Waals surface area contributed by atoms with Crippen LogP contribution in [0.2, 0.25) is 5.02 Å². The lowest BCUT2D eigenvalue weighted by Gasteiger charge is -2.13. The van der Waals surface area contributed by atoms with Crippen LogP contribution in [0.25, 0.3) is 0 Å². The molecule has 0 radical (unpaired) electrons. The largest absolute Gasteiger partial charge is 0.381 e. The second kappa shape index (κ2) is 6.72. The fraction of sp³-hybridized carbons (Fsp3) is 0.636. The monoisotopic (exact) mass is 273 g/mol. The van der Waals surface area contributed by atoms with E-state index in [1.54, 1.807) is 6.20 Å². The van der Waals surface area contributed by atoms with Gasteiger partial charge in [0.2, 0.25) is 0 Å². The number of hydrogen-bond donors (Lipinski definition) is 2. The molecule has 0 saturated heterocycles. The molecule has 7 heteroatoms. The summed E-state index contributed by atoms with van der Waals surface area (Å²) in [4.78, 5) is 13.9. The number of rotatable bonds is 6. The number of halogens is 1. The van der Waals surface area contributed by atoms with E-state index in [9.17, 15) is 4.79 Å². The lowest BCUT2D eigenvalue weighted by atomic mass is 10.3. The van der Waals surface area contributed by atoms with Crippen molar-refractivity contribution < 1.29 is 0 Å². The van der Waals surface area contributed by atoms with E-state index in [1.807, 2.05) is 25.9 Å². The molecule has 18 heavy (non-hydrogen) atoms. The SMILES string of the molecule is CC(N)CNc1cnn(CCN(C)C)c(=O)c1Cl. The van der Waals surface area contributed by atoms with Gasteiger partial charge in [-0.2, -0.15) is 5.10 Å². The second-order valence-electron chi connectivity index (χ2n) is 4.56. The molecule has 1 aromatic rings. The summed E-state index contributed by atoms with van der Waals surface area (Å²) >= 11 is 6.01. The van der Waals surface area contributed by atoms with Gasteiger partial charge in [0.25, 0.3) is 5.56 Å². The molecule has 1 rings (SSSR count). The Bertz CT molecular complexity index is 444. The fourth-order valence-electron chi connectivity index (χ4n) is 1.31. The third-order valence-electron chi connectivity index (χ3n) is 2.36. The lowest BCUT2D eigenvalue weighted by Crippen LogP contribution is -2.30. The fourth-order valence-corrected chi connectivity index (χ4v) is 1.53. The molecular formula is C11H20ClN5O. The quantitative estimate of drug-likeness (QED) is 0.775. The van der Waals surface area contributed by atoms with E-state index >= 15 is 0 Å². The summed E-state index contributed by atoms with van der Waals surface area (Å²) in [6, 6.07) is -0.0164. The molecule has 0 spiro atoms. The Balaban J connectivity index is 2.81. The van der Waals surface area contributed by atoms with Gasteiger partial charge in [-0.1, -0.05) is 11.6 Å². The maximum atomic E-state index is 11.9. The van der Waals surface area contributed by atoms with Crippen LogP contribution in [-0.4, -0.2) is 47.9 Å². The van der Waals surface area contributed by atoms with Crippen LogP contribution < -0.4 is 16.6 Å². The summed E-state index contributed by atoms with van der Waals surface area (Å²) in [7, 11) is 3.87. The van der Waals surface area contributed by atoms with Crippen LogP contribution >= 0.6 is 11.6 Å². The molecule has 1 atom stereocenters. The van der Waals surface area contributed by atoms with Crippen LogP contribution in [0.5, 0.6) is 0 Å². The Morgan fingerprint density at radius 3 is 2.83 bits per heavy atom. The van der Waals surface area contributed by atoms with Crippen molar-refractivity contribution in [3.05, 3.63) is 21.6 Å². The summed E-state index contributed by atoms with van der Waals surface area (Å²) in [6.45, 7) is 3.66. The first-order valence-electron chi connectivity index (χ1n) is 5.81. The van der Waals surface area contributed by atoms with Crippen LogP contribution in [0.3, 0.4) is 0 Å². The summed E-state index contributed by atoms with van der Waals surface area (Å²) in [5.74, 6) is 0. The minimum absolute atomic E-state index is 0.0164. The molecule has 0 aromatic carbocycles. The Morgan fingerprint density at radius 1 is 1.61 bits per heavy atom. The van der Waals surface area contributed by atoms with Crippen molar-refractivity contribution in [3.8, 4) is 0 Å². The van der Waals surface area contributed by atoms with E-state index in [0.29, 0.717) is 18.8 Å². The topological polar surface area (TPSA) is 76.2 Å². The predicted octanol–water partition coefficient (Wildman–Crippen LogP) is 0.217. The van der Waals surface area contributed by atoms with E-state index in [0.717, 1.165) is 6.54 Å². The molecule has 0 bridgehead atoms. The van der Waals surface area contributed by atoms with Crippen LogP contribution in [0.1, 0.15) is 6.92 Å². The van der Waals surface area contributed by atoms with E-state index in [4.69, 9.17) is 17.3 Å². The molecule has 1 heterocycles. The summed E-state index contributed by atoms with van der Waals surface area (Å²) < 4.78 is 1.36. The highest BCUT2D eigenvalue weighted by molar-refractivity contribution is 6.32. The molecule has 0 aliphatic rings. The number of hydrogen-bond acceptors (Lipinski definition) is 5. The normalized spacial score (nSPS) is 12.8. The van der Waals surface area contributed by atoms with Gasteiger partial charge in [-0.15, -0.1) is 0 Å². The molecule has 1 unspecified atom stereocenters. The van der Waals surface area contributed by atoms with Crippen molar-refractivity contribution in [2.24, 2.45) is 5.73 Å². The Labute approximate surface area is 112 Å². The molecule has 6 nitrogen and oxygen atoms in total. The molecule has 0 aliphatic carbocycles. The van der Waals surface area contributed by atoms with Crippen LogP contribution in [-0.2, 0) is 6.54 Å². The zero-order chi connectivity index (χ0) is 13.7. The van der Waals surface area contributed by atoms with Crippen molar-refractivity contribution in [2.45, 2.75) is 19.5 Å². The summed E-state index contributed by atoms with van der Waals surface area (Å²) in [5.41, 5.74) is 5.87. The first-order chi connectivity index (χ1) is 8.41. The molecule has 3 N–H and O–H groups in total. The predicted molar refractivity (Wildman–Crippen MR) is 74.2 cm³/mol. The number of anilines is 1. The standard InChI is InChI=1S/C11H20ClN5O/c1-8(13)6-14-9-7-15-17(5-4-16(2)3)11(18)10(9)12/h7-8,14H,4-6,13H2,1-3H3. The highest BCUT2D eigenvalue weighted by Gasteiger charge is 2.09. The van der Waals surface area contributed by atoms with E-state index in [1.165, 1.54) is 4.68 Å². The van der Waals surface area contributed by atoms with Gasteiger partial charge in [0.05, 0.1) is 18.4 Å². The van der Waals surface area contributed by atoms with Gasteiger partial charge in [-0.25, -0.2) is 4.68 Å². The zero-order valence-corrected chi connectivity index (χ0v) is 11.7. The van der Waals surface area contributed by atoms with Crippen LogP contribution in [0.4, 0.5) is 5.69 Å². The minimum atomic E-state index is -0.284. The number of nitrogens with two attached hydrogens (primary N) is 1. The molecule has 0 amide bonds. The maximum absolute atomic E-state index is 11.9. The average Bonchev–Trinajstić information content (AvgIpc) is 2.29. The van der Waals surface area contributed by atoms with E-state index < -0.39 is 0 Å². The smallest absolute Gasteiger partial charge is 0.287 e. The second-order valence-corrected chi connectivity index (χ2v) is 4.94. The Morgan fingerprint density at radius 2 is 2.28 bits per heavy atom. The maximum Gasteiger partial charge on any atom is 0.287 e. The van der Waals surface area contributed by atoms with Gasteiger partial charge in [-0.3, -0.25) is 4.79 Å². The highest BCUT2D eigenvalue weighted by Crippen LogP contribution is 2.14. The van der Waals surface area contributed by atoms with Gasteiger partial charge >= 0.3 is 0 Å². The van der Waals surface area contributed by atoms with Gasteiger partial charge in [-0.05, 0) is 21.0 Å². The first-order valence-corrected chi connectivity index (χ1v) is 6.19. The molecule has 102 valence electrons. The zero-order valence-electron chi connectivity index (χ0n) is 11.0. The minimum Gasteiger partial charge on any atom is -0.381 e. The highest BCUT2D eigenvalue weighted by atomic mass is 35.5. The molecular weight excluding hydrogens is 254 g/mol. The van der Waals surface area contributed by atoms with Crippen molar-refractivity contribution in [1.82, 2.24) is 14.7 Å².